The summed E-state index contributed by atoms with van der Waals surface area (Å²) in [6, 6.07) is 7.41. The fraction of sp³-hybridized carbons (Fsp3) is 0.333. The quantitative estimate of drug-likeness (QED) is 0.919. The van der Waals surface area contributed by atoms with Crippen molar-refractivity contribution in [3.63, 3.8) is 0 Å². The predicted octanol–water partition coefficient (Wildman–Crippen LogP) is 2.12. The van der Waals surface area contributed by atoms with E-state index in [1.54, 1.807) is 6.07 Å². The molecule has 0 saturated carbocycles. The van der Waals surface area contributed by atoms with E-state index in [0.29, 0.717) is 32.0 Å². The maximum atomic E-state index is 12.5. The smallest absolute Gasteiger partial charge is 0.355 e. The molecule has 0 amide bonds. The molecule has 5 nitrogen and oxygen atoms in total. The number of hydrogen-bond acceptors (Lipinski definition) is 4. The van der Waals surface area contributed by atoms with Gasteiger partial charge in [-0.2, -0.15) is 13.2 Å². The molecule has 8 heteroatoms. The van der Waals surface area contributed by atoms with Gasteiger partial charge in [0.05, 0.1) is 5.56 Å². The van der Waals surface area contributed by atoms with Crippen LogP contribution >= 0.6 is 0 Å². The molecule has 0 aliphatic carbocycles. The van der Waals surface area contributed by atoms with Crippen LogP contribution in [0.4, 0.5) is 24.8 Å². The molecular weight excluding hydrogens is 309 g/mol. The first kappa shape index (κ1) is 15.4. The van der Waals surface area contributed by atoms with Gasteiger partial charge in [0, 0.05) is 38.4 Å². The zero-order chi connectivity index (χ0) is 16.4. The van der Waals surface area contributed by atoms with Gasteiger partial charge in [0.25, 0.3) is 0 Å². The zero-order valence-corrected chi connectivity index (χ0v) is 12.2. The van der Waals surface area contributed by atoms with Gasteiger partial charge in [-0.3, -0.25) is 4.79 Å². The minimum Gasteiger partial charge on any atom is -0.355 e. The maximum absolute atomic E-state index is 12.5. The first-order valence-electron chi connectivity index (χ1n) is 7.16. The minimum atomic E-state index is -4.37. The van der Waals surface area contributed by atoms with Gasteiger partial charge in [0.15, 0.2) is 0 Å². The Morgan fingerprint density at radius 2 is 1.70 bits per heavy atom. The molecular formula is C15H15F3N4O. The van der Waals surface area contributed by atoms with E-state index in [1.807, 2.05) is 15.9 Å². The Morgan fingerprint density at radius 1 is 1.00 bits per heavy atom. The van der Waals surface area contributed by atoms with Gasteiger partial charge in [-0.15, -0.1) is 0 Å². The molecule has 3 rings (SSSR count). The van der Waals surface area contributed by atoms with Crippen molar-refractivity contribution >= 4 is 11.6 Å². The number of anilines is 2. The van der Waals surface area contributed by atoms with Gasteiger partial charge in [0.2, 0.25) is 5.56 Å². The summed E-state index contributed by atoms with van der Waals surface area (Å²) >= 11 is 0. The molecule has 0 atom stereocenters. The number of pyridine rings is 2. The highest BCUT2D eigenvalue weighted by Crippen LogP contribution is 2.29. The third kappa shape index (κ3) is 3.46. The van der Waals surface area contributed by atoms with Gasteiger partial charge in [-0.25, -0.2) is 4.98 Å². The number of rotatable bonds is 2. The molecule has 3 heterocycles. The third-order valence-electron chi connectivity index (χ3n) is 3.77. The SMILES string of the molecule is O=c1cccc(N2CCN(c3ccc(C(F)(F)F)cn3)CC2)[nH]1. The normalized spacial score (nSPS) is 15.8. The van der Waals surface area contributed by atoms with Crippen molar-refractivity contribution in [1.29, 1.82) is 0 Å². The number of piperazine rings is 1. The van der Waals surface area contributed by atoms with Crippen LogP contribution < -0.4 is 15.4 Å². The summed E-state index contributed by atoms with van der Waals surface area (Å²) < 4.78 is 37.6. The predicted molar refractivity (Wildman–Crippen MR) is 80.7 cm³/mol. The molecule has 1 aliphatic heterocycles. The van der Waals surface area contributed by atoms with E-state index in [-0.39, 0.29) is 5.56 Å². The second-order valence-corrected chi connectivity index (χ2v) is 5.28. The Hall–Kier alpha value is -2.51. The van der Waals surface area contributed by atoms with Crippen LogP contribution in [0.25, 0.3) is 0 Å². The average molecular weight is 324 g/mol. The Morgan fingerprint density at radius 3 is 2.26 bits per heavy atom. The van der Waals surface area contributed by atoms with Gasteiger partial charge in [0.1, 0.15) is 11.6 Å². The second kappa shape index (κ2) is 5.94. The summed E-state index contributed by atoms with van der Waals surface area (Å²) in [5, 5.41) is 0. The van der Waals surface area contributed by atoms with Gasteiger partial charge < -0.3 is 14.8 Å². The summed E-state index contributed by atoms with van der Waals surface area (Å²) in [6.45, 7) is 2.55. The van der Waals surface area contributed by atoms with Crippen molar-refractivity contribution in [2.75, 3.05) is 36.0 Å². The van der Waals surface area contributed by atoms with Crippen molar-refractivity contribution in [2.24, 2.45) is 0 Å². The number of aromatic nitrogens is 2. The Labute approximate surface area is 130 Å². The summed E-state index contributed by atoms with van der Waals surface area (Å²) in [6.07, 6.45) is -3.51. The van der Waals surface area contributed by atoms with Crippen molar-refractivity contribution in [1.82, 2.24) is 9.97 Å². The largest absolute Gasteiger partial charge is 0.417 e. The summed E-state index contributed by atoms with van der Waals surface area (Å²) in [5.74, 6) is 1.27. The van der Waals surface area contributed by atoms with Gasteiger partial charge >= 0.3 is 6.18 Å². The first-order valence-corrected chi connectivity index (χ1v) is 7.16. The van der Waals surface area contributed by atoms with E-state index in [2.05, 4.69) is 9.97 Å². The van der Waals surface area contributed by atoms with Crippen LogP contribution in [0, 0.1) is 0 Å². The number of nitrogens with zero attached hydrogens (tertiary/aromatic N) is 3. The lowest BCUT2D eigenvalue weighted by atomic mass is 10.2. The molecule has 0 spiro atoms. The fourth-order valence-electron chi connectivity index (χ4n) is 2.54. The molecule has 0 radical (unpaired) electrons. The Balaban J connectivity index is 1.66. The maximum Gasteiger partial charge on any atom is 0.417 e. The minimum absolute atomic E-state index is 0.158. The van der Waals surface area contributed by atoms with Crippen molar-refractivity contribution in [2.45, 2.75) is 6.18 Å². The number of H-pyrrole nitrogens is 1. The van der Waals surface area contributed by atoms with Crippen molar-refractivity contribution in [3.8, 4) is 0 Å². The number of nitrogens with one attached hydrogen (secondary N) is 1. The van der Waals surface area contributed by atoms with Crippen molar-refractivity contribution < 1.29 is 13.2 Å². The van der Waals surface area contributed by atoms with Crippen LogP contribution in [0.2, 0.25) is 0 Å². The molecule has 0 aromatic carbocycles. The van der Waals surface area contributed by atoms with E-state index < -0.39 is 11.7 Å². The van der Waals surface area contributed by atoms with Crippen molar-refractivity contribution in [3.05, 3.63) is 52.4 Å². The van der Waals surface area contributed by atoms with Gasteiger partial charge in [-0.1, -0.05) is 6.07 Å². The first-order chi connectivity index (χ1) is 10.9. The van der Waals surface area contributed by atoms with E-state index in [4.69, 9.17) is 0 Å². The molecule has 1 aliphatic rings. The lowest BCUT2D eigenvalue weighted by Crippen LogP contribution is -2.47. The molecule has 2 aromatic heterocycles. The summed E-state index contributed by atoms with van der Waals surface area (Å²) in [5.41, 5.74) is -0.906. The number of halogens is 3. The lowest BCUT2D eigenvalue weighted by Gasteiger charge is -2.36. The topological polar surface area (TPSA) is 52.2 Å². The lowest BCUT2D eigenvalue weighted by molar-refractivity contribution is -0.137. The number of alkyl halides is 3. The zero-order valence-electron chi connectivity index (χ0n) is 12.2. The fourth-order valence-corrected chi connectivity index (χ4v) is 2.54. The highest BCUT2D eigenvalue weighted by Gasteiger charge is 2.31. The van der Waals surface area contributed by atoms with E-state index >= 15 is 0 Å². The van der Waals surface area contributed by atoms with Crippen LogP contribution in [0.1, 0.15) is 5.56 Å². The van der Waals surface area contributed by atoms with Crippen LogP contribution in [-0.4, -0.2) is 36.1 Å². The molecule has 1 N–H and O–H groups in total. The number of hydrogen-bond donors (Lipinski definition) is 1. The van der Waals surface area contributed by atoms with Crippen LogP contribution in [-0.2, 0) is 6.18 Å². The highest BCUT2D eigenvalue weighted by atomic mass is 19.4. The van der Waals surface area contributed by atoms with E-state index in [9.17, 15) is 18.0 Å². The molecule has 23 heavy (non-hydrogen) atoms. The van der Waals surface area contributed by atoms with E-state index in [1.165, 1.54) is 12.1 Å². The standard InChI is InChI=1S/C15H15F3N4O/c16-15(17,18)11-4-5-12(19-10-11)21-6-8-22(9-7-21)13-2-1-3-14(23)20-13/h1-5,10H,6-9H2,(H,20,23). The average Bonchev–Trinajstić information content (AvgIpc) is 2.54. The monoisotopic (exact) mass is 324 g/mol. The Kier molecular flexibility index (Phi) is 3.97. The van der Waals surface area contributed by atoms with Crippen LogP contribution in [0.5, 0.6) is 0 Å². The summed E-state index contributed by atoms with van der Waals surface area (Å²) in [4.78, 5) is 22.0. The Bertz CT molecular complexity index is 718. The summed E-state index contributed by atoms with van der Waals surface area (Å²) in [7, 11) is 0. The molecule has 0 bridgehead atoms. The molecule has 2 aromatic rings. The third-order valence-corrected chi connectivity index (χ3v) is 3.77. The van der Waals surface area contributed by atoms with Gasteiger partial charge in [-0.05, 0) is 18.2 Å². The molecule has 122 valence electrons. The highest BCUT2D eigenvalue weighted by molar-refractivity contribution is 5.45. The van der Waals surface area contributed by atoms with E-state index in [0.717, 1.165) is 18.1 Å². The molecule has 0 unspecified atom stereocenters. The van der Waals surface area contributed by atoms with Crippen LogP contribution in [0.15, 0.2) is 41.3 Å². The van der Waals surface area contributed by atoms with Crippen LogP contribution in [0.3, 0.4) is 0 Å². The molecule has 1 fully saturated rings. The molecule has 1 saturated heterocycles. The second-order valence-electron chi connectivity index (χ2n) is 5.28. The number of aromatic amines is 1.